The maximum Gasteiger partial charge on any atom is 0.326 e. The highest BCUT2D eigenvalue weighted by Crippen LogP contribution is 2.41. The van der Waals surface area contributed by atoms with Gasteiger partial charge in [-0.05, 0) is 51.6 Å². The second-order valence-corrected chi connectivity index (χ2v) is 7.25. The lowest BCUT2D eigenvalue weighted by Gasteiger charge is -2.48. The largest absolute Gasteiger partial charge is 0.480 e. The van der Waals surface area contributed by atoms with Gasteiger partial charge in [0, 0.05) is 19.0 Å². The van der Waals surface area contributed by atoms with Crippen molar-refractivity contribution in [1.82, 2.24) is 15.0 Å². The zero-order valence-corrected chi connectivity index (χ0v) is 14.3. The highest BCUT2D eigenvalue weighted by atomic mass is 16.5. The van der Waals surface area contributed by atoms with E-state index in [0.717, 1.165) is 50.4 Å². The van der Waals surface area contributed by atoms with Crippen LogP contribution < -0.4 is 0 Å². The van der Waals surface area contributed by atoms with E-state index in [1.165, 1.54) is 0 Å². The molecule has 0 aromatic carbocycles. The van der Waals surface area contributed by atoms with Crippen molar-refractivity contribution >= 4 is 11.9 Å². The van der Waals surface area contributed by atoms with E-state index in [1.54, 1.807) is 11.8 Å². The predicted octanol–water partition coefficient (Wildman–Crippen LogP) is 1.66. The molecular weight excluding hydrogens is 310 g/mol. The lowest BCUT2D eigenvalue weighted by molar-refractivity contribution is -0.155. The molecule has 7 nitrogen and oxygen atoms in total. The van der Waals surface area contributed by atoms with Gasteiger partial charge < -0.3 is 14.5 Å². The summed E-state index contributed by atoms with van der Waals surface area (Å²) in [6, 6.07) is 1.21. The third-order valence-electron chi connectivity index (χ3n) is 5.49. The minimum atomic E-state index is -0.932. The molecule has 1 amide bonds. The van der Waals surface area contributed by atoms with Crippen LogP contribution in [0.15, 0.2) is 10.6 Å². The SMILES string of the molecule is Cc1cc(CN2CCC3(CCC(=O)N([C@H](C)C(=O)O)C3)CC2)on1. The summed E-state index contributed by atoms with van der Waals surface area (Å²) in [6.45, 7) is 6.70. The molecule has 132 valence electrons. The molecule has 3 heterocycles. The van der Waals surface area contributed by atoms with Crippen molar-refractivity contribution in [2.75, 3.05) is 19.6 Å². The van der Waals surface area contributed by atoms with E-state index in [0.29, 0.717) is 13.0 Å². The summed E-state index contributed by atoms with van der Waals surface area (Å²) in [4.78, 5) is 27.3. The maximum absolute atomic E-state index is 12.1. The predicted molar refractivity (Wildman–Crippen MR) is 86.2 cm³/mol. The van der Waals surface area contributed by atoms with Crippen molar-refractivity contribution < 1.29 is 19.2 Å². The number of hydrogen-bond acceptors (Lipinski definition) is 5. The number of nitrogens with zero attached hydrogens (tertiary/aromatic N) is 3. The van der Waals surface area contributed by atoms with Crippen LogP contribution in [0.25, 0.3) is 0 Å². The first-order valence-corrected chi connectivity index (χ1v) is 8.55. The zero-order chi connectivity index (χ0) is 17.3. The van der Waals surface area contributed by atoms with Crippen LogP contribution in [0.1, 0.15) is 44.1 Å². The van der Waals surface area contributed by atoms with Crippen molar-refractivity contribution in [2.24, 2.45) is 5.41 Å². The van der Waals surface area contributed by atoms with Crippen LogP contribution >= 0.6 is 0 Å². The van der Waals surface area contributed by atoms with E-state index in [4.69, 9.17) is 4.52 Å². The van der Waals surface area contributed by atoms with Gasteiger partial charge in [-0.15, -0.1) is 0 Å². The molecule has 1 aromatic heterocycles. The van der Waals surface area contributed by atoms with Gasteiger partial charge in [-0.25, -0.2) is 4.79 Å². The van der Waals surface area contributed by atoms with Crippen LogP contribution in [0.4, 0.5) is 0 Å². The Hall–Kier alpha value is -1.89. The molecule has 0 aliphatic carbocycles. The lowest BCUT2D eigenvalue weighted by Crippen LogP contribution is -2.55. The van der Waals surface area contributed by atoms with E-state index in [2.05, 4.69) is 10.1 Å². The number of carboxylic acid groups (broad SMARTS) is 1. The third kappa shape index (κ3) is 3.45. The number of carbonyl (C=O) groups excluding carboxylic acids is 1. The third-order valence-corrected chi connectivity index (χ3v) is 5.49. The van der Waals surface area contributed by atoms with Gasteiger partial charge in [0.15, 0.2) is 5.76 Å². The second-order valence-electron chi connectivity index (χ2n) is 7.25. The van der Waals surface area contributed by atoms with Gasteiger partial charge in [-0.2, -0.15) is 0 Å². The molecule has 0 radical (unpaired) electrons. The van der Waals surface area contributed by atoms with Crippen molar-refractivity contribution in [2.45, 2.75) is 52.1 Å². The number of rotatable bonds is 4. The molecule has 0 bridgehead atoms. The molecule has 1 atom stereocenters. The molecule has 1 N–H and O–H groups in total. The molecule has 2 fully saturated rings. The second kappa shape index (κ2) is 6.55. The highest BCUT2D eigenvalue weighted by molar-refractivity contribution is 5.84. The fourth-order valence-electron chi connectivity index (χ4n) is 3.84. The van der Waals surface area contributed by atoms with Crippen LogP contribution in [-0.4, -0.2) is 57.6 Å². The quantitative estimate of drug-likeness (QED) is 0.900. The minimum absolute atomic E-state index is 0.0323. The summed E-state index contributed by atoms with van der Waals surface area (Å²) >= 11 is 0. The molecular formula is C17H25N3O4. The smallest absolute Gasteiger partial charge is 0.326 e. The van der Waals surface area contributed by atoms with Gasteiger partial charge in [0.05, 0.1) is 12.2 Å². The summed E-state index contributed by atoms with van der Waals surface area (Å²) in [5.74, 6) is -0.0861. The Morgan fingerprint density at radius 1 is 1.42 bits per heavy atom. The van der Waals surface area contributed by atoms with Gasteiger partial charge in [0.25, 0.3) is 0 Å². The van der Waals surface area contributed by atoms with Gasteiger partial charge in [-0.3, -0.25) is 9.69 Å². The Labute approximate surface area is 141 Å². The molecule has 7 heteroatoms. The van der Waals surface area contributed by atoms with E-state index >= 15 is 0 Å². The van der Waals surface area contributed by atoms with Crippen molar-refractivity contribution in [3.63, 3.8) is 0 Å². The molecule has 2 saturated heterocycles. The van der Waals surface area contributed by atoms with Crippen molar-refractivity contribution in [3.8, 4) is 0 Å². The summed E-state index contributed by atoms with van der Waals surface area (Å²) in [7, 11) is 0. The fourth-order valence-corrected chi connectivity index (χ4v) is 3.84. The number of aliphatic carboxylic acids is 1. The molecule has 24 heavy (non-hydrogen) atoms. The van der Waals surface area contributed by atoms with E-state index in [9.17, 15) is 14.7 Å². The van der Waals surface area contributed by atoms with Crippen LogP contribution in [0.2, 0.25) is 0 Å². The number of carboxylic acids is 1. The molecule has 2 aliphatic heterocycles. The van der Waals surface area contributed by atoms with E-state index in [1.807, 2.05) is 13.0 Å². The normalized spacial score (nSPS) is 22.8. The standard InChI is InChI=1S/C17H25N3O4/c1-12-9-14(24-18-12)10-19-7-5-17(6-8-19)4-3-15(21)20(11-17)13(2)16(22)23/h9,13H,3-8,10-11H2,1-2H3,(H,22,23)/t13-/m1/s1. The zero-order valence-electron chi connectivity index (χ0n) is 14.3. The molecule has 0 saturated carbocycles. The van der Waals surface area contributed by atoms with Crippen LogP contribution in [-0.2, 0) is 16.1 Å². The van der Waals surface area contributed by atoms with Crippen molar-refractivity contribution in [3.05, 3.63) is 17.5 Å². The Morgan fingerprint density at radius 2 is 2.12 bits per heavy atom. The number of carbonyl (C=O) groups is 2. The van der Waals surface area contributed by atoms with Crippen LogP contribution in [0, 0.1) is 12.3 Å². The summed E-state index contributed by atoms with van der Waals surface area (Å²) < 4.78 is 5.28. The van der Waals surface area contributed by atoms with Gasteiger partial charge in [0.2, 0.25) is 5.91 Å². The molecule has 3 rings (SSSR count). The Bertz CT molecular complexity index is 619. The number of aryl methyl sites for hydroxylation is 1. The average molecular weight is 335 g/mol. The minimum Gasteiger partial charge on any atom is -0.480 e. The molecule has 2 aliphatic rings. The van der Waals surface area contributed by atoms with Gasteiger partial charge in [0.1, 0.15) is 6.04 Å². The summed E-state index contributed by atoms with van der Waals surface area (Å²) in [5, 5.41) is 13.1. The Kier molecular flexibility index (Phi) is 4.62. The number of aromatic nitrogens is 1. The average Bonchev–Trinajstić information content (AvgIpc) is 2.96. The molecule has 1 aromatic rings. The lowest BCUT2D eigenvalue weighted by atomic mass is 9.72. The van der Waals surface area contributed by atoms with Crippen LogP contribution in [0.3, 0.4) is 0 Å². The summed E-state index contributed by atoms with van der Waals surface area (Å²) in [6.07, 6.45) is 3.29. The molecule has 0 unspecified atom stereocenters. The summed E-state index contributed by atoms with van der Waals surface area (Å²) in [5.41, 5.74) is 0.952. The topological polar surface area (TPSA) is 86.9 Å². The number of piperidine rings is 2. The monoisotopic (exact) mass is 335 g/mol. The Morgan fingerprint density at radius 3 is 2.71 bits per heavy atom. The first kappa shape index (κ1) is 17.0. The van der Waals surface area contributed by atoms with Crippen LogP contribution in [0.5, 0.6) is 0 Å². The number of hydrogen-bond donors (Lipinski definition) is 1. The highest BCUT2D eigenvalue weighted by Gasteiger charge is 2.43. The first-order chi connectivity index (χ1) is 11.4. The van der Waals surface area contributed by atoms with Gasteiger partial charge >= 0.3 is 5.97 Å². The Balaban J connectivity index is 1.60. The maximum atomic E-state index is 12.1. The van der Waals surface area contributed by atoms with E-state index < -0.39 is 12.0 Å². The first-order valence-electron chi connectivity index (χ1n) is 8.55. The molecule has 1 spiro atoms. The van der Waals surface area contributed by atoms with Crippen molar-refractivity contribution in [1.29, 1.82) is 0 Å². The van der Waals surface area contributed by atoms with Gasteiger partial charge in [-0.1, -0.05) is 5.16 Å². The number of likely N-dealkylation sites (tertiary alicyclic amines) is 2. The number of amides is 1. The van der Waals surface area contributed by atoms with E-state index in [-0.39, 0.29) is 11.3 Å². The fraction of sp³-hybridized carbons (Fsp3) is 0.706.